The van der Waals surface area contributed by atoms with Crippen LogP contribution in [-0.2, 0) is 32.0 Å². The summed E-state index contributed by atoms with van der Waals surface area (Å²) < 4.78 is 0. The third-order valence-corrected chi connectivity index (χ3v) is 7.10. The molecule has 0 bridgehead atoms. The number of amides is 3. The topological polar surface area (TPSA) is 182 Å². The van der Waals surface area contributed by atoms with Crippen LogP contribution in [0.4, 0.5) is 0 Å². The van der Waals surface area contributed by atoms with Gasteiger partial charge >= 0.3 is 5.97 Å². The molecule has 210 valence electrons. The third-order valence-electron chi connectivity index (χ3n) is 6.73. The van der Waals surface area contributed by atoms with Gasteiger partial charge < -0.3 is 36.8 Å². The molecule has 0 aliphatic heterocycles. The van der Waals surface area contributed by atoms with Crippen LogP contribution in [0.2, 0.25) is 0 Å². The zero-order chi connectivity index (χ0) is 28.8. The number of carboxylic acids is 1. The first-order valence-corrected chi connectivity index (χ1v) is 13.4. The highest BCUT2D eigenvalue weighted by molar-refractivity contribution is 7.80. The monoisotopic (exact) mass is 564 g/mol. The number of benzene rings is 2. The predicted molar refractivity (Wildman–Crippen MR) is 155 cm³/mol. The Morgan fingerprint density at radius 1 is 0.800 bits per heavy atom. The first-order chi connectivity index (χ1) is 19.2. The van der Waals surface area contributed by atoms with Gasteiger partial charge in [0.25, 0.3) is 0 Å². The number of thiol groups is 1. The summed E-state index contributed by atoms with van der Waals surface area (Å²) in [5.74, 6) is -3.20. The van der Waals surface area contributed by atoms with Crippen LogP contribution in [0.1, 0.15) is 18.1 Å². The van der Waals surface area contributed by atoms with Crippen LogP contribution in [0.15, 0.2) is 60.9 Å². The normalized spacial score (nSPS) is 14.3. The Kier molecular flexibility index (Phi) is 9.12. The minimum Gasteiger partial charge on any atom is -0.480 e. The number of aromatic nitrogens is 2. The summed E-state index contributed by atoms with van der Waals surface area (Å²) in [4.78, 5) is 56.8. The van der Waals surface area contributed by atoms with Gasteiger partial charge in [-0.15, -0.1) is 0 Å². The Balaban J connectivity index is 1.43. The van der Waals surface area contributed by atoms with Crippen molar-refractivity contribution in [1.29, 1.82) is 0 Å². The van der Waals surface area contributed by atoms with Gasteiger partial charge in [0, 0.05) is 46.4 Å². The quantitative estimate of drug-likeness (QED) is 0.120. The third kappa shape index (κ3) is 6.64. The summed E-state index contributed by atoms with van der Waals surface area (Å²) >= 11 is 4.00. The van der Waals surface area contributed by atoms with Gasteiger partial charge in [-0.05, 0) is 36.6 Å². The number of hydrogen-bond acceptors (Lipinski definition) is 6. The molecular weight excluding hydrogens is 532 g/mol. The van der Waals surface area contributed by atoms with Crippen molar-refractivity contribution in [3.63, 3.8) is 0 Å². The van der Waals surface area contributed by atoms with Crippen molar-refractivity contribution in [2.45, 2.75) is 43.9 Å². The summed E-state index contributed by atoms with van der Waals surface area (Å²) in [7, 11) is 0. The second-order valence-corrected chi connectivity index (χ2v) is 9.97. The van der Waals surface area contributed by atoms with Crippen LogP contribution >= 0.6 is 12.6 Å². The van der Waals surface area contributed by atoms with Crippen LogP contribution in [0.25, 0.3) is 21.8 Å². The number of fused-ring (bicyclic) bond motifs is 2. The van der Waals surface area contributed by atoms with E-state index in [1.807, 2.05) is 48.5 Å². The number of rotatable bonds is 12. The van der Waals surface area contributed by atoms with Gasteiger partial charge in [-0.25, -0.2) is 4.79 Å². The highest BCUT2D eigenvalue weighted by atomic mass is 32.1. The highest BCUT2D eigenvalue weighted by Gasteiger charge is 2.29. The lowest BCUT2D eigenvalue weighted by Crippen LogP contribution is -2.57. The zero-order valence-corrected chi connectivity index (χ0v) is 22.7. The molecule has 0 fully saturated rings. The van der Waals surface area contributed by atoms with Crippen molar-refractivity contribution in [3.8, 4) is 0 Å². The SMILES string of the molecule is CC(NC(=O)C(N)Cc1c[nH]c2ccccc12)C(=O)NC(Cc1c[nH]c2ccccc12)C(=O)NC(CS)C(=O)O. The van der Waals surface area contributed by atoms with Crippen LogP contribution in [0.5, 0.6) is 0 Å². The van der Waals surface area contributed by atoms with E-state index in [0.29, 0.717) is 0 Å². The molecule has 0 saturated heterocycles. The fourth-order valence-electron chi connectivity index (χ4n) is 4.50. The Labute approximate surface area is 235 Å². The highest BCUT2D eigenvalue weighted by Crippen LogP contribution is 2.20. The van der Waals surface area contributed by atoms with Crippen molar-refractivity contribution in [2.75, 3.05) is 5.75 Å². The molecule has 4 aromatic rings. The summed E-state index contributed by atoms with van der Waals surface area (Å²) in [5, 5.41) is 18.9. The largest absolute Gasteiger partial charge is 0.480 e. The molecule has 0 aliphatic carbocycles. The number of carbonyl (C=O) groups excluding carboxylic acids is 3. The second-order valence-electron chi connectivity index (χ2n) is 9.61. The molecule has 3 amide bonds. The van der Waals surface area contributed by atoms with E-state index >= 15 is 0 Å². The molecule has 2 aromatic carbocycles. The molecule has 4 rings (SSSR count). The smallest absolute Gasteiger partial charge is 0.327 e. The first-order valence-electron chi connectivity index (χ1n) is 12.8. The number of aromatic amines is 2. The number of carbonyl (C=O) groups is 4. The van der Waals surface area contributed by atoms with Crippen LogP contribution < -0.4 is 21.7 Å². The van der Waals surface area contributed by atoms with Crippen molar-refractivity contribution in [3.05, 3.63) is 72.1 Å². The lowest BCUT2D eigenvalue weighted by molar-refractivity contribution is -0.141. The summed E-state index contributed by atoms with van der Waals surface area (Å²) in [6, 6.07) is 10.9. The van der Waals surface area contributed by atoms with E-state index in [2.05, 4.69) is 38.5 Å². The lowest BCUT2D eigenvalue weighted by Gasteiger charge is -2.23. The number of aliphatic carboxylic acids is 1. The molecule has 0 aliphatic rings. The average molecular weight is 565 g/mol. The molecule has 0 radical (unpaired) electrons. The van der Waals surface area contributed by atoms with E-state index in [0.717, 1.165) is 32.9 Å². The molecule has 2 aromatic heterocycles. The molecule has 8 N–H and O–H groups in total. The maximum Gasteiger partial charge on any atom is 0.327 e. The number of hydrogen-bond donors (Lipinski definition) is 8. The Morgan fingerprint density at radius 3 is 1.88 bits per heavy atom. The van der Waals surface area contributed by atoms with Crippen LogP contribution in [0.3, 0.4) is 0 Å². The summed E-state index contributed by atoms with van der Waals surface area (Å²) in [6.45, 7) is 1.49. The summed E-state index contributed by atoms with van der Waals surface area (Å²) in [6.07, 6.45) is 3.88. The van der Waals surface area contributed by atoms with Gasteiger partial charge in [0.15, 0.2) is 0 Å². The Bertz CT molecular complexity index is 1530. The zero-order valence-electron chi connectivity index (χ0n) is 21.8. The number of carboxylic acid groups (broad SMARTS) is 1. The van der Waals surface area contributed by atoms with Crippen molar-refractivity contribution >= 4 is 58.1 Å². The van der Waals surface area contributed by atoms with E-state index in [9.17, 15) is 24.3 Å². The molecule has 12 heteroatoms. The molecule has 0 spiro atoms. The van der Waals surface area contributed by atoms with E-state index in [1.165, 1.54) is 6.92 Å². The first kappa shape index (κ1) is 28.7. The van der Waals surface area contributed by atoms with Gasteiger partial charge in [-0.1, -0.05) is 36.4 Å². The van der Waals surface area contributed by atoms with Gasteiger partial charge in [0.05, 0.1) is 6.04 Å². The fourth-order valence-corrected chi connectivity index (χ4v) is 4.75. The van der Waals surface area contributed by atoms with Crippen LogP contribution in [0, 0.1) is 0 Å². The van der Waals surface area contributed by atoms with Crippen molar-refractivity contribution < 1.29 is 24.3 Å². The molecule has 4 unspecified atom stereocenters. The summed E-state index contributed by atoms with van der Waals surface area (Å²) in [5.41, 5.74) is 9.57. The maximum atomic E-state index is 13.1. The molecule has 40 heavy (non-hydrogen) atoms. The minimum absolute atomic E-state index is 0.0846. The number of nitrogens with two attached hydrogens (primary N) is 1. The Morgan fingerprint density at radius 2 is 1.32 bits per heavy atom. The second kappa shape index (κ2) is 12.7. The minimum atomic E-state index is -1.25. The van der Waals surface area contributed by atoms with E-state index in [-0.39, 0.29) is 18.6 Å². The van der Waals surface area contributed by atoms with Gasteiger partial charge in [-0.3, -0.25) is 14.4 Å². The lowest BCUT2D eigenvalue weighted by atomic mass is 10.0. The van der Waals surface area contributed by atoms with Gasteiger partial charge in [-0.2, -0.15) is 12.6 Å². The van der Waals surface area contributed by atoms with Gasteiger partial charge in [0.1, 0.15) is 18.1 Å². The number of H-pyrrole nitrogens is 2. The molecule has 11 nitrogen and oxygen atoms in total. The standard InChI is InChI=1S/C28H32N6O5S/c1-15(32-26(36)20(29)10-16-12-30-21-8-4-2-6-18(16)21)25(35)33-23(27(37)34-24(14-40)28(38)39)11-17-13-31-22-9-5-3-7-19(17)22/h2-9,12-13,15,20,23-24,30-31,40H,10-11,14,29H2,1H3,(H,32,36)(H,33,35)(H,34,37)(H,38,39). The fraction of sp³-hybridized carbons (Fsp3) is 0.286. The average Bonchev–Trinajstić information content (AvgIpc) is 3.55. The van der Waals surface area contributed by atoms with E-state index in [4.69, 9.17) is 5.73 Å². The van der Waals surface area contributed by atoms with Crippen molar-refractivity contribution in [2.24, 2.45) is 5.73 Å². The maximum absolute atomic E-state index is 13.1. The van der Waals surface area contributed by atoms with E-state index < -0.39 is 47.9 Å². The number of para-hydroxylation sites is 2. The Hall–Kier alpha value is -4.29. The predicted octanol–water partition coefficient (Wildman–Crippen LogP) is 1.25. The van der Waals surface area contributed by atoms with E-state index in [1.54, 1.807) is 12.4 Å². The molecular formula is C28H32N6O5S. The number of nitrogens with one attached hydrogen (secondary N) is 5. The molecule has 2 heterocycles. The van der Waals surface area contributed by atoms with Gasteiger partial charge in [0.2, 0.25) is 17.7 Å². The van der Waals surface area contributed by atoms with Crippen LogP contribution in [-0.4, -0.2) is 68.7 Å². The molecule has 4 atom stereocenters. The molecule has 0 saturated carbocycles. The van der Waals surface area contributed by atoms with Crippen molar-refractivity contribution in [1.82, 2.24) is 25.9 Å².